The fourth-order valence-electron chi connectivity index (χ4n) is 4.90. The molecule has 0 bridgehead atoms. The first-order chi connectivity index (χ1) is 12.4. The van der Waals surface area contributed by atoms with Gasteiger partial charge in [0.25, 0.3) is 0 Å². The topological polar surface area (TPSA) is 31.8 Å². The molecule has 4 heterocycles. The fourth-order valence-corrected chi connectivity index (χ4v) is 5.97. The van der Waals surface area contributed by atoms with E-state index in [0.717, 1.165) is 44.8 Å². The summed E-state index contributed by atoms with van der Waals surface area (Å²) in [6.07, 6.45) is 8.23. The number of hydrogen-bond acceptors (Lipinski definition) is 6. The first-order valence-corrected chi connectivity index (χ1v) is 11.0. The van der Waals surface area contributed by atoms with Gasteiger partial charge < -0.3 is 9.64 Å². The third-order valence-electron chi connectivity index (χ3n) is 6.57. The van der Waals surface area contributed by atoms with Crippen LogP contribution >= 0.6 is 11.3 Å². The minimum absolute atomic E-state index is 0.741. The second kappa shape index (κ2) is 7.14. The Bertz CT molecular complexity index is 563. The summed E-state index contributed by atoms with van der Waals surface area (Å²) in [6.45, 7) is 9.02. The van der Waals surface area contributed by atoms with Gasteiger partial charge in [0.1, 0.15) is 0 Å². The van der Waals surface area contributed by atoms with Crippen LogP contribution < -0.4 is 4.90 Å². The average Bonchev–Trinajstić information content (AvgIpc) is 3.05. The summed E-state index contributed by atoms with van der Waals surface area (Å²) < 4.78 is 5.56. The molecule has 0 spiro atoms. The van der Waals surface area contributed by atoms with Crippen LogP contribution in [0.15, 0.2) is 0 Å². The van der Waals surface area contributed by atoms with Crippen molar-refractivity contribution >= 4 is 16.5 Å². The van der Waals surface area contributed by atoms with Crippen LogP contribution in [0.4, 0.5) is 5.13 Å². The van der Waals surface area contributed by atoms with Gasteiger partial charge >= 0.3 is 0 Å². The number of piperazine rings is 1. The molecule has 3 aliphatic heterocycles. The van der Waals surface area contributed by atoms with Gasteiger partial charge in [0.05, 0.1) is 23.8 Å². The van der Waals surface area contributed by atoms with Crippen molar-refractivity contribution < 1.29 is 4.74 Å². The molecule has 5 nitrogen and oxygen atoms in total. The molecule has 0 aromatic carbocycles. The van der Waals surface area contributed by atoms with E-state index in [9.17, 15) is 0 Å². The molecule has 3 fully saturated rings. The van der Waals surface area contributed by atoms with E-state index in [0.29, 0.717) is 0 Å². The van der Waals surface area contributed by atoms with Gasteiger partial charge in [0.2, 0.25) is 0 Å². The van der Waals surface area contributed by atoms with Crippen molar-refractivity contribution in [2.45, 2.75) is 57.2 Å². The molecule has 0 amide bonds. The minimum Gasteiger partial charge on any atom is -0.375 e. The molecule has 0 N–H and O–H groups in total. The normalized spacial score (nSPS) is 27.3. The van der Waals surface area contributed by atoms with E-state index in [4.69, 9.17) is 9.72 Å². The van der Waals surface area contributed by atoms with Crippen LogP contribution in [0.3, 0.4) is 0 Å². The van der Waals surface area contributed by atoms with Crippen LogP contribution in [0.2, 0.25) is 0 Å². The molecule has 1 saturated carbocycles. The molecule has 6 heteroatoms. The lowest BCUT2D eigenvalue weighted by atomic mass is 9.93. The standard InChI is InChI=1S/C19H30N4OS/c1-2-4-15(5-3-1)21-7-9-22(10-8-21)16-12-23(13-16)19-20-17-6-11-24-14-18(17)25-19/h15-16H,1-14H2. The van der Waals surface area contributed by atoms with Crippen molar-refractivity contribution in [3.8, 4) is 0 Å². The first kappa shape index (κ1) is 16.5. The molecule has 0 atom stereocenters. The van der Waals surface area contributed by atoms with E-state index >= 15 is 0 Å². The predicted molar refractivity (Wildman–Crippen MR) is 101 cm³/mol. The van der Waals surface area contributed by atoms with Crippen LogP contribution in [0, 0.1) is 0 Å². The van der Waals surface area contributed by atoms with Gasteiger partial charge in [-0.2, -0.15) is 0 Å². The van der Waals surface area contributed by atoms with E-state index in [1.165, 1.54) is 74.0 Å². The van der Waals surface area contributed by atoms with Gasteiger partial charge in [-0.3, -0.25) is 9.80 Å². The molecular formula is C19H30N4OS. The van der Waals surface area contributed by atoms with E-state index in [1.54, 1.807) is 0 Å². The Morgan fingerprint density at radius 1 is 0.920 bits per heavy atom. The Labute approximate surface area is 155 Å². The summed E-state index contributed by atoms with van der Waals surface area (Å²) in [5.41, 5.74) is 1.29. The second-order valence-corrected chi connectivity index (χ2v) is 9.15. The molecule has 0 radical (unpaired) electrons. The number of ether oxygens (including phenoxy) is 1. The monoisotopic (exact) mass is 362 g/mol. The highest BCUT2D eigenvalue weighted by Crippen LogP contribution is 2.33. The lowest BCUT2D eigenvalue weighted by Crippen LogP contribution is -2.64. The predicted octanol–water partition coefficient (Wildman–Crippen LogP) is 2.35. The molecule has 138 valence electrons. The van der Waals surface area contributed by atoms with E-state index in [-0.39, 0.29) is 0 Å². The Morgan fingerprint density at radius 3 is 2.36 bits per heavy atom. The Hall–Kier alpha value is -0.690. The third kappa shape index (κ3) is 3.34. The number of aromatic nitrogens is 1. The van der Waals surface area contributed by atoms with Gasteiger partial charge in [0, 0.05) is 57.8 Å². The molecule has 1 aromatic heterocycles. The molecule has 1 aliphatic carbocycles. The Morgan fingerprint density at radius 2 is 1.64 bits per heavy atom. The Balaban J connectivity index is 1.11. The maximum atomic E-state index is 5.56. The van der Waals surface area contributed by atoms with Crippen molar-refractivity contribution in [3.05, 3.63) is 10.6 Å². The number of rotatable bonds is 3. The van der Waals surface area contributed by atoms with Gasteiger partial charge in [-0.05, 0) is 12.8 Å². The quantitative estimate of drug-likeness (QED) is 0.824. The highest BCUT2D eigenvalue weighted by Gasteiger charge is 2.36. The maximum Gasteiger partial charge on any atom is 0.185 e. The highest BCUT2D eigenvalue weighted by atomic mass is 32.1. The van der Waals surface area contributed by atoms with Crippen molar-refractivity contribution in [1.82, 2.24) is 14.8 Å². The molecule has 25 heavy (non-hydrogen) atoms. The average molecular weight is 363 g/mol. The van der Waals surface area contributed by atoms with Crippen LogP contribution in [-0.2, 0) is 17.8 Å². The number of fused-ring (bicyclic) bond motifs is 1. The smallest absolute Gasteiger partial charge is 0.185 e. The lowest BCUT2D eigenvalue weighted by Gasteiger charge is -2.49. The van der Waals surface area contributed by atoms with E-state index in [2.05, 4.69) is 14.7 Å². The van der Waals surface area contributed by atoms with Crippen molar-refractivity contribution in [3.63, 3.8) is 0 Å². The number of nitrogens with zero attached hydrogens (tertiary/aromatic N) is 4. The van der Waals surface area contributed by atoms with Crippen LogP contribution in [-0.4, -0.2) is 72.7 Å². The first-order valence-electron chi connectivity index (χ1n) is 10.2. The number of thiazole rings is 1. The van der Waals surface area contributed by atoms with Crippen LogP contribution in [0.1, 0.15) is 42.7 Å². The van der Waals surface area contributed by atoms with Crippen LogP contribution in [0.25, 0.3) is 0 Å². The van der Waals surface area contributed by atoms with E-state index in [1.807, 2.05) is 11.3 Å². The van der Waals surface area contributed by atoms with Gasteiger partial charge in [-0.15, -0.1) is 0 Å². The Kier molecular flexibility index (Phi) is 4.71. The largest absolute Gasteiger partial charge is 0.375 e. The summed E-state index contributed by atoms with van der Waals surface area (Å²) in [5, 5.41) is 1.23. The zero-order valence-electron chi connectivity index (χ0n) is 15.2. The van der Waals surface area contributed by atoms with Gasteiger partial charge in [-0.25, -0.2) is 4.98 Å². The molecule has 4 aliphatic rings. The molecule has 1 aromatic rings. The van der Waals surface area contributed by atoms with Crippen LogP contribution in [0.5, 0.6) is 0 Å². The number of anilines is 1. The highest BCUT2D eigenvalue weighted by molar-refractivity contribution is 7.15. The number of hydrogen-bond donors (Lipinski definition) is 0. The summed E-state index contributed by atoms with van der Waals surface area (Å²) in [5.74, 6) is 0. The third-order valence-corrected chi connectivity index (χ3v) is 7.70. The summed E-state index contributed by atoms with van der Waals surface area (Å²) in [7, 11) is 0. The van der Waals surface area contributed by atoms with Gasteiger partial charge in [-0.1, -0.05) is 30.6 Å². The molecule has 2 saturated heterocycles. The summed E-state index contributed by atoms with van der Waals surface area (Å²) in [4.78, 5) is 14.2. The fraction of sp³-hybridized carbons (Fsp3) is 0.842. The minimum atomic E-state index is 0.741. The maximum absolute atomic E-state index is 5.56. The van der Waals surface area contributed by atoms with Crippen molar-refractivity contribution in [1.29, 1.82) is 0 Å². The zero-order valence-corrected chi connectivity index (χ0v) is 16.0. The molecular weight excluding hydrogens is 332 g/mol. The van der Waals surface area contributed by atoms with E-state index < -0.39 is 0 Å². The SMILES string of the molecule is C1CCC(N2CCN(C3CN(c4nc5c(s4)COCC5)C3)CC2)CC1. The molecule has 5 rings (SSSR count). The molecule has 0 unspecified atom stereocenters. The van der Waals surface area contributed by atoms with Crippen molar-refractivity contribution in [2.75, 3.05) is 50.8 Å². The summed E-state index contributed by atoms with van der Waals surface area (Å²) in [6, 6.07) is 1.63. The lowest BCUT2D eigenvalue weighted by molar-refractivity contribution is 0.0488. The van der Waals surface area contributed by atoms with Crippen molar-refractivity contribution in [2.24, 2.45) is 0 Å². The van der Waals surface area contributed by atoms with Gasteiger partial charge in [0.15, 0.2) is 5.13 Å². The zero-order chi connectivity index (χ0) is 16.6. The second-order valence-electron chi connectivity index (χ2n) is 8.09. The summed E-state index contributed by atoms with van der Waals surface area (Å²) >= 11 is 1.85.